The molecular formula is C22H24FN3O. The molecule has 0 bridgehead atoms. The van der Waals surface area contributed by atoms with Crippen molar-refractivity contribution < 1.29 is 4.39 Å². The monoisotopic (exact) mass is 365 g/mol. The van der Waals surface area contributed by atoms with Crippen LogP contribution >= 0.6 is 0 Å². The summed E-state index contributed by atoms with van der Waals surface area (Å²) in [6.45, 7) is 6.52. The zero-order valence-electron chi connectivity index (χ0n) is 16.1. The average Bonchev–Trinajstić information content (AvgIpc) is 2.79. The molecule has 0 saturated heterocycles. The summed E-state index contributed by atoms with van der Waals surface area (Å²) in [5.41, 5.74) is 0.744. The summed E-state index contributed by atoms with van der Waals surface area (Å²) in [5.74, 6) is 6.80. The molecule has 0 saturated carbocycles. The minimum Gasteiger partial charge on any atom is -0.296 e. The zero-order valence-corrected chi connectivity index (χ0v) is 16.1. The molecule has 140 valence electrons. The first-order valence-corrected chi connectivity index (χ1v) is 9.35. The van der Waals surface area contributed by atoms with Crippen molar-refractivity contribution in [3.8, 4) is 11.8 Å². The number of hydrogen-bond donors (Lipinski definition) is 0. The van der Waals surface area contributed by atoms with Crippen molar-refractivity contribution in [1.29, 1.82) is 0 Å². The van der Waals surface area contributed by atoms with Crippen molar-refractivity contribution in [3.63, 3.8) is 0 Å². The molecule has 27 heavy (non-hydrogen) atoms. The first kappa shape index (κ1) is 19.0. The minimum absolute atomic E-state index is 0.102. The predicted octanol–water partition coefficient (Wildman–Crippen LogP) is 3.85. The van der Waals surface area contributed by atoms with Gasteiger partial charge in [-0.05, 0) is 63.8 Å². The van der Waals surface area contributed by atoms with Crippen LogP contribution < -0.4 is 5.56 Å². The van der Waals surface area contributed by atoms with Gasteiger partial charge in [0.1, 0.15) is 17.2 Å². The molecule has 1 atom stereocenters. The maximum absolute atomic E-state index is 14.4. The van der Waals surface area contributed by atoms with Gasteiger partial charge in [-0.2, -0.15) is 0 Å². The summed E-state index contributed by atoms with van der Waals surface area (Å²) in [5, 5.41) is 0.544. The van der Waals surface area contributed by atoms with Crippen LogP contribution in [0.15, 0.2) is 40.1 Å². The fourth-order valence-electron chi connectivity index (χ4n) is 3.21. The number of aliphatic imine (C=N–C) groups is 1. The number of aryl methyl sites for hydroxylation is 1. The van der Waals surface area contributed by atoms with Gasteiger partial charge in [0.15, 0.2) is 0 Å². The van der Waals surface area contributed by atoms with Crippen molar-refractivity contribution in [3.05, 3.63) is 52.1 Å². The van der Waals surface area contributed by atoms with Crippen molar-refractivity contribution >= 4 is 16.6 Å². The molecule has 1 aliphatic rings. The molecule has 0 N–H and O–H groups in total. The van der Waals surface area contributed by atoms with E-state index in [4.69, 9.17) is 0 Å². The fourth-order valence-corrected chi connectivity index (χ4v) is 3.21. The molecule has 1 unspecified atom stereocenters. The number of rotatable bonds is 2. The van der Waals surface area contributed by atoms with Crippen LogP contribution in [0.3, 0.4) is 0 Å². The molecule has 1 aliphatic heterocycles. The lowest BCUT2D eigenvalue weighted by molar-refractivity contribution is 0.162. The summed E-state index contributed by atoms with van der Waals surface area (Å²) < 4.78 is 16.0. The minimum atomic E-state index is -1.26. The highest BCUT2D eigenvalue weighted by molar-refractivity contribution is 6.09. The lowest BCUT2D eigenvalue weighted by Gasteiger charge is -2.15. The highest BCUT2D eigenvalue weighted by Crippen LogP contribution is 2.26. The van der Waals surface area contributed by atoms with E-state index in [-0.39, 0.29) is 5.56 Å². The molecule has 0 aliphatic carbocycles. The van der Waals surface area contributed by atoms with Crippen LogP contribution in [-0.4, -0.2) is 27.5 Å². The normalized spacial score (nSPS) is 20.2. The Bertz CT molecular complexity index is 1040. The number of benzene rings is 1. The van der Waals surface area contributed by atoms with Gasteiger partial charge >= 0.3 is 0 Å². The Balaban J connectivity index is 2.03. The molecule has 4 nitrogen and oxygen atoms in total. The number of alkyl halides is 1. The van der Waals surface area contributed by atoms with E-state index in [1.54, 1.807) is 17.6 Å². The first-order chi connectivity index (χ1) is 12.9. The first-order valence-electron chi connectivity index (χ1n) is 9.35. The Labute approximate surface area is 158 Å². The SMILES string of the molecule is C/C=C\C(C#Cc1ccc2c(=O)n3c(nc2c1)CCC(C)(F)CC3)=NCC. The van der Waals surface area contributed by atoms with Gasteiger partial charge in [-0.25, -0.2) is 9.37 Å². The molecule has 3 rings (SSSR count). The van der Waals surface area contributed by atoms with E-state index in [9.17, 15) is 9.18 Å². The van der Waals surface area contributed by atoms with E-state index >= 15 is 0 Å². The molecule has 0 radical (unpaired) electrons. The molecule has 5 heteroatoms. The lowest BCUT2D eigenvalue weighted by Crippen LogP contribution is -2.25. The summed E-state index contributed by atoms with van der Waals surface area (Å²) in [6.07, 6.45) is 4.95. The third-order valence-electron chi connectivity index (χ3n) is 4.75. The van der Waals surface area contributed by atoms with Crippen molar-refractivity contribution in [2.45, 2.75) is 52.2 Å². The number of hydrogen-bond acceptors (Lipinski definition) is 3. The second-order valence-electron chi connectivity index (χ2n) is 6.99. The standard InChI is InChI=1S/C22H24FN3O/c1-4-6-17(24-5-2)9-7-16-8-10-18-19(15-16)25-20-11-12-22(3,23)13-14-26(20)21(18)27/h4,6,8,10,15H,5,11-14H2,1-3H3/b6-4-,24-17?. The van der Waals surface area contributed by atoms with Gasteiger partial charge in [-0.3, -0.25) is 14.4 Å². The van der Waals surface area contributed by atoms with Gasteiger partial charge in [-0.15, -0.1) is 0 Å². The summed E-state index contributed by atoms with van der Waals surface area (Å²) in [6, 6.07) is 5.40. The summed E-state index contributed by atoms with van der Waals surface area (Å²) in [4.78, 5) is 21.8. The Hall–Kier alpha value is -2.74. The van der Waals surface area contributed by atoms with Gasteiger partial charge in [0.25, 0.3) is 5.56 Å². The summed E-state index contributed by atoms with van der Waals surface area (Å²) >= 11 is 0. The summed E-state index contributed by atoms with van der Waals surface area (Å²) in [7, 11) is 0. The number of fused-ring (bicyclic) bond motifs is 2. The molecule has 1 aromatic carbocycles. The second kappa shape index (κ2) is 7.87. The van der Waals surface area contributed by atoms with E-state index < -0.39 is 5.67 Å². The van der Waals surface area contributed by atoms with Crippen LogP contribution in [0, 0.1) is 11.8 Å². The second-order valence-corrected chi connectivity index (χ2v) is 6.99. The highest BCUT2D eigenvalue weighted by Gasteiger charge is 2.28. The van der Waals surface area contributed by atoms with Crippen molar-refractivity contribution in [2.75, 3.05) is 6.54 Å². The van der Waals surface area contributed by atoms with Crippen LogP contribution in [0.25, 0.3) is 10.9 Å². The maximum atomic E-state index is 14.4. The lowest BCUT2D eigenvalue weighted by atomic mass is 10.00. The van der Waals surface area contributed by atoms with Gasteiger partial charge in [0, 0.05) is 25.1 Å². The maximum Gasteiger partial charge on any atom is 0.261 e. The topological polar surface area (TPSA) is 47.2 Å². The molecule has 0 fully saturated rings. The van der Waals surface area contributed by atoms with Crippen LogP contribution in [0.4, 0.5) is 4.39 Å². The van der Waals surface area contributed by atoms with Gasteiger partial charge < -0.3 is 0 Å². The smallest absolute Gasteiger partial charge is 0.261 e. The predicted molar refractivity (Wildman–Crippen MR) is 108 cm³/mol. The van der Waals surface area contributed by atoms with E-state index in [0.29, 0.717) is 49.1 Å². The third kappa shape index (κ3) is 4.33. The van der Waals surface area contributed by atoms with Gasteiger partial charge in [-0.1, -0.05) is 12.0 Å². The molecule has 1 aromatic heterocycles. The van der Waals surface area contributed by atoms with E-state index in [1.165, 1.54) is 0 Å². The van der Waals surface area contributed by atoms with E-state index in [2.05, 4.69) is 21.8 Å². The van der Waals surface area contributed by atoms with Crippen molar-refractivity contribution in [2.24, 2.45) is 4.99 Å². The van der Waals surface area contributed by atoms with Crippen LogP contribution in [0.2, 0.25) is 0 Å². The van der Waals surface area contributed by atoms with Crippen LogP contribution in [0.5, 0.6) is 0 Å². The number of nitrogens with zero attached hydrogens (tertiary/aromatic N) is 3. The Morgan fingerprint density at radius 1 is 1.44 bits per heavy atom. The van der Waals surface area contributed by atoms with Crippen LogP contribution in [-0.2, 0) is 13.0 Å². The molecular weight excluding hydrogens is 341 g/mol. The van der Waals surface area contributed by atoms with Gasteiger partial charge in [0.2, 0.25) is 0 Å². The molecule has 2 heterocycles. The van der Waals surface area contributed by atoms with Crippen LogP contribution in [0.1, 0.15) is 45.0 Å². The number of allylic oxidation sites excluding steroid dienone is 2. The average molecular weight is 365 g/mol. The fraction of sp³-hybridized carbons (Fsp3) is 0.409. The Morgan fingerprint density at radius 2 is 2.26 bits per heavy atom. The van der Waals surface area contributed by atoms with E-state index in [1.807, 2.05) is 38.1 Å². The zero-order chi connectivity index (χ0) is 19.4. The largest absolute Gasteiger partial charge is 0.296 e. The highest BCUT2D eigenvalue weighted by atomic mass is 19.1. The molecule has 2 aromatic rings. The van der Waals surface area contributed by atoms with Gasteiger partial charge in [0.05, 0.1) is 10.9 Å². The number of aromatic nitrogens is 2. The number of halogens is 1. The quantitative estimate of drug-likeness (QED) is 0.599. The van der Waals surface area contributed by atoms with E-state index in [0.717, 1.165) is 11.3 Å². The Morgan fingerprint density at radius 3 is 3.00 bits per heavy atom. The third-order valence-corrected chi connectivity index (χ3v) is 4.75. The van der Waals surface area contributed by atoms with Crippen molar-refractivity contribution in [1.82, 2.24) is 9.55 Å². The molecule has 0 spiro atoms. The Kier molecular flexibility index (Phi) is 5.55. The molecule has 0 amide bonds.